The molecule has 0 aliphatic carbocycles. The number of carbonyl (C=O) groups is 2. The largest absolute Gasteiger partial charge is 0.480 e. The number of carbonyl (C=O) groups excluding carboxylic acids is 1. The Morgan fingerprint density at radius 2 is 2.05 bits per heavy atom. The topological polar surface area (TPSA) is 96.3 Å². The number of likely N-dealkylation sites (N-methyl/N-ethyl adjacent to an activating group) is 1. The summed E-state index contributed by atoms with van der Waals surface area (Å²) in [7, 11) is 1.44. The van der Waals surface area contributed by atoms with Crippen molar-refractivity contribution >= 4 is 23.2 Å². The fraction of sp³-hybridized carbons (Fsp3) is 0.308. The highest BCUT2D eigenvalue weighted by Crippen LogP contribution is 2.23. The van der Waals surface area contributed by atoms with Crippen LogP contribution in [0.1, 0.15) is 24.3 Å². The van der Waals surface area contributed by atoms with Gasteiger partial charge in [0.1, 0.15) is 21.9 Å². The van der Waals surface area contributed by atoms with Crippen LogP contribution in [-0.2, 0) is 4.79 Å². The highest BCUT2D eigenvalue weighted by atomic mass is 32.1. The van der Waals surface area contributed by atoms with Crippen molar-refractivity contribution in [1.82, 2.24) is 19.9 Å². The van der Waals surface area contributed by atoms with Gasteiger partial charge in [-0.15, -0.1) is 11.3 Å². The second-order valence-corrected chi connectivity index (χ2v) is 5.71. The van der Waals surface area contributed by atoms with Crippen LogP contribution >= 0.6 is 11.3 Å². The van der Waals surface area contributed by atoms with E-state index in [0.717, 1.165) is 4.90 Å². The van der Waals surface area contributed by atoms with Gasteiger partial charge in [-0.1, -0.05) is 0 Å². The Balaban J connectivity index is 2.26. The second-order valence-electron chi connectivity index (χ2n) is 4.86. The molecule has 0 radical (unpaired) electrons. The predicted molar refractivity (Wildman–Crippen MR) is 76.9 cm³/mol. The van der Waals surface area contributed by atoms with E-state index in [0.29, 0.717) is 10.7 Å². The standard InChI is InChI=1S/C13H14N4O3S/c1-13(2,12(19)20)17(3)11(18)9-7-21-10(16-9)8-6-14-4-5-15-8/h4-7H,1-3H3,(H,19,20). The highest BCUT2D eigenvalue weighted by Gasteiger charge is 2.36. The number of carboxylic acid groups (broad SMARTS) is 1. The smallest absolute Gasteiger partial charge is 0.329 e. The van der Waals surface area contributed by atoms with Crippen LogP contribution in [0.3, 0.4) is 0 Å². The number of aromatic nitrogens is 3. The van der Waals surface area contributed by atoms with Crippen LogP contribution in [0.2, 0.25) is 0 Å². The maximum atomic E-state index is 12.3. The average molecular weight is 306 g/mol. The van der Waals surface area contributed by atoms with E-state index in [-0.39, 0.29) is 5.69 Å². The number of amides is 1. The van der Waals surface area contributed by atoms with Crippen LogP contribution in [0, 0.1) is 0 Å². The Bertz CT molecular complexity index is 669. The van der Waals surface area contributed by atoms with Crippen molar-refractivity contribution < 1.29 is 14.7 Å². The quantitative estimate of drug-likeness (QED) is 0.920. The first-order valence-corrected chi connectivity index (χ1v) is 6.95. The van der Waals surface area contributed by atoms with Crippen molar-refractivity contribution in [3.63, 3.8) is 0 Å². The summed E-state index contributed by atoms with van der Waals surface area (Å²) in [4.78, 5) is 36.9. The van der Waals surface area contributed by atoms with Gasteiger partial charge in [0.15, 0.2) is 0 Å². The molecule has 21 heavy (non-hydrogen) atoms. The molecule has 0 spiro atoms. The fourth-order valence-corrected chi connectivity index (χ4v) is 2.22. The van der Waals surface area contributed by atoms with Gasteiger partial charge >= 0.3 is 5.97 Å². The summed E-state index contributed by atoms with van der Waals surface area (Å²) >= 11 is 1.26. The molecule has 0 atom stereocenters. The Morgan fingerprint density at radius 3 is 2.62 bits per heavy atom. The zero-order valence-electron chi connectivity index (χ0n) is 11.8. The Hall–Kier alpha value is -2.35. The van der Waals surface area contributed by atoms with Gasteiger partial charge in [0.05, 0.1) is 6.20 Å². The lowest BCUT2D eigenvalue weighted by Gasteiger charge is -2.30. The first-order chi connectivity index (χ1) is 9.84. The molecule has 0 aliphatic heterocycles. The number of hydrogen-bond acceptors (Lipinski definition) is 6. The molecule has 0 unspecified atom stereocenters. The first kappa shape index (κ1) is 15.0. The number of carboxylic acids is 1. The van der Waals surface area contributed by atoms with Crippen LogP contribution in [0.25, 0.3) is 10.7 Å². The van der Waals surface area contributed by atoms with E-state index in [1.807, 2.05) is 0 Å². The third kappa shape index (κ3) is 2.89. The number of nitrogens with zero attached hydrogens (tertiary/aromatic N) is 4. The molecule has 2 aromatic rings. The Labute approximate surface area is 125 Å². The summed E-state index contributed by atoms with van der Waals surface area (Å²) in [5.41, 5.74) is -0.549. The number of thiazole rings is 1. The molecule has 1 N–H and O–H groups in total. The zero-order chi connectivity index (χ0) is 15.6. The van der Waals surface area contributed by atoms with Crippen molar-refractivity contribution in [2.45, 2.75) is 19.4 Å². The molecular formula is C13H14N4O3S. The van der Waals surface area contributed by atoms with Gasteiger partial charge in [0, 0.05) is 24.8 Å². The van der Waals surface area contributed by atoms with Crippen molar-refractivity contribution in [3.8, 4) is 10.7 Å². The van der Waals surface area contributed by atoms with Gasteiger partial charge in [-0.2, -0.15) is 0 Å². The summed E-state index contributed by atoms with van der Waals surface area (Å²) < 4.78 is 0. The fourth-order valence-electron chi connectivity index (χ4n) is 1.47. The van der Waals surface area contributed by atoms with Gasteiger partial charge in [-0.25, -0.2) is 9.78 Å². The van der Waals surface area contributed by atoms with Crippen molar-refractivity contribution in [2.24, 2.45) is 0 Å². The maximum Gasteiger partial charge on any atom is 0.329 e. The number of rotatable bonds is 4. The van der Waals surface area contributed by atoms with Gasteiger partial charge < -0.3 is 10.0 Å². The molecule has 0 aliphatic rings. The monoisotopic (exact) mass is 306 g/mol. The summed E-state index contributed by atoms with van der Waals surface area (Å²) in [6.07, 6.45) is 4.64. The lowest BCUT2D eigenvalue weighted by molar-refractivity contribution is -0.147. The molecule has 0 bridgehead atoms. The molecular weight excluding hydrogens is 292 g/mol. The number of aliphatic carboxylic acids is 1. The molecule has 0 fully saturated rings. The van der Waals surface area contributed by atoms with Gasteiger partial charge in [0.2, 0.25) is 0 Å². The van der Waals surface area contributed by atoms with E-state index in [2.05, 4.69) is 15.0 Å². The third-order valence-electron chi connectivity index (χ3n) is 3.17. The lowest BCUT2D eigenvalue weighted by Crippen LogP contribution is -2.50. The van der Waals surface area contributed by atoms with Crippen molar-refractivity contribution in [2.75, 3.05) is 7.05 Å². The first-order valence-electron chi connectivity index (χ1n) is 6.07. The predicted octanol–water partition coefficient (Wildman–Crippen LogP) is 1.54. The minimum Gasteiger partial charge on any atom is -0.480 e. The SMILES string of the molecule is CN(C(=O)c1csc(-c2cnccn2)n1)C(C)(C)C(=O)O. The summed E-state index contributed by atoms with van der Waals surface area (Å²) in [6.45, 7) is 2.92. The number of hydrogen-bond donors (Lipinski definition) is 1. The molecule has 110 valence electrons. The van der Waals surface area contributed by atoms with E-state index in [4.69, 9.17) is 5.11 Å². The van der Waals surface area contributed by atoms with Crippen LogP contribution in [-0.4, -0.2) is 49.4 Å². The van der Waals surface area contributed by atoms with E-state index in [1.54, 1.807) is 17.8 Å². The molecule has 7 nitrogen and oxygen atoms in total. The van der Waals surface area contributed by atoms with Crippen molar-refractivity contribution in [1.29, 1.82) is 0 Å². The molecule has 8 heteroatoms. The Kier molecular flexibility index (Phi) is 3.99. The normalized spacial score (nSPS) is 11.2. The lowest BCUT2D eigenvalue weighted by atomic mass is 10.0. The molecule has 1 amide bonds. The van der Waals surface area contributed by atoms with Crippen LogP contribution in [0.4, 0.5) is 0 Å². The summed E-state index contributed by atoms with van der Waals surface area (Å²) in [5, 5.41) is 11.3. The second kappa shape index (κ2) is 5.57. The molecule has 2 heterocycles. The van der Waals surface area contributed by atoms with Crippen LogP contribution in [0.15, 0.2) is 24.0 Å². The van der Waals surface area contributed by atoms with Crippen LogP contribution < -0.4 is 0 Å². The summed E-state index contributed by atoms with van der Waals surface area (Å²) in [5.74, 6) is -1.53. The highest BCUT2D eigenvalue weighted by molar-refractivity contribution is 7.13. The summed E-state index contributed by atoms with van der Waals surface area (Å²) in [6, 6.07) is 0. The van der Waals surface area contributed by atoms with Crippen LogP contribution in [0.5, 0.6) is 0 Å². The third-order valence-corrected chi connectivity index (χ3v) is 4.04. The zero-order valence-corrected chi connectivity index (χ0v) is 12.6. The van der Waals surface area contributed by atoms with E-state index >= 15 is 0 Å². The average Bonchev–Trinajstić information content (AvgIpc) is 2.96. The van der Waals surface area contributed by atoms with Gasteiger partial charge in [0.25, 0.3) is 5.91 Å². The van der Waals surface area contributed by atoms with E-state index in [1.165, 1.54) is 38.4 Å². The molecule has 0 saturated heterocycles. The molecule has 2 aromatic heterocycles. The van der Waals surface area contributed by atoms with Gasteiger partial charge in [-0.3, -0.25) is 14.8 Å². The Morgan fingerprint density at radius 1 is 1.33 bits per heavy atom. The minimum absolute atomic E-state index is 0.192. The van der Waals surface area contributed by atoms with E-state index < -0.39 is 17.4 Å². The molecule has 0 aromatic carbocycles. The molecule has 0 saturated carbocycles. The maximum absolute atomic E-state index is 12.3. The van der Waals surface area contributed by atoms with E-state index in [9.17, 15) is 9.59 Å². The van der Waals surface area contributed by atoms with Gasteiger partial charge in [-0.05, 0) is 13.8 Å². The minimum atomic E-state index is -1.31. The molecule has 2 rings (SSSR count). The van der Waals surface area contributed by atoms with Crippen molar-refractivity contribution in [3.05, 3.63) is 29.7 Å².